The highest BCUT2D eigenvalue weighted by Crippen LogP contribution is 2.34. The SMILES string of the molecule is Cc1ccc(S(=O)(=O)/N=C2\SC(=S)N2c2ccccc2)cc1. The van der Waals surface area contributed by atoms with Crippen LogP contribution in [-0.4, -0.2) is 17.9 Å². The number of aryl methyl sites for hydroxylation is 1. The molecule has 0 aromatic heterocycles. The van der Waals surface area contributed by atoms with Crippen molar-refractivity contribution in [1.82, 2.24) is 0 Å². The second kappa shape index (κ2) is 5.83. The Kier molecular flexibility index (Phi) is 4.03. The molecule has 1 saturated heterocycles. The molecule has 3 rings (SSSR count). The van der Waals surface area contributed by atoms with Gasteiger partial charge >= 0.3 is 0 Å². The maximum atomic E-state index is 12.4. The van der Waals surface area contributed by atoms with Crippen molar-refractivity contribution >= 4 is 49.2 Å². The molecule has 0 radical (unpaired) electrons. The number of thiocarbonyl (C=S) groups is 1. The normalized spacial score (nSPS) is 16.7. The second-order valence-electron chi connectivity index (χ2n) is 4.70. The highest BCUT2D eigenvalue weighted by Gasteiger charge is 2.33. The zero-order valence-electron chi connectivity index (χ0n) is 11.6. The van der Waals surface area contributed by atoms with E-state index in [1.807, 2.05) is 37.3 Å². The lowest BCUT2D eigenvalue weighted by Crippen LogP contribution is -2.43. The number of benzene rings is 2. The van der Waals surface area contributed by atoms with Gasteiger partial charge in [-0.25, -0.2) is 0 Å². The van der Waals surface area contributed by atoms with Crippen LogP contribution in [0.4, 0.5) is 5.69 Å². The van der Waals surface area contributed by atoms with Crippen LogP contribution >= 0.6 is 24.0 Å². The summed E-state index contributed by atoms with van der Waals surface area (Å²) in [6.45, 7) is 1.90. The Morgan fingerprint density at radius 2 is 1.68 bits per heavy atom. The molecule has 1 heterocycles. The van der Waals surface area contributed by atoms with E-state index in [0.717, 1.165) is 11.3 Å². The van der Waals surface area contributed by atoms with Gasteiger partial charge in [-0.3, -0.25) is 4.90 Å². The first-order chi connectivity index (χ1) is 10.5. The lowest BCUT2D eigenvalue weighted by atomic mass is 10.2. The minimum absolute atomic E-state index is 0.178. The highest BCUT2D eigenvalue weighted by molar-refractivity contribution is 8.37. The third-order valence-electron chi connectivity index (χ3n) is 3.08. The summed E-state index contributed by atoms with van der Waals surface area (Å²) in [4.78, 5) is 1.84. The van der Waals surface area contributed by atoms with Gasteiger partial charge in [-0.05, 0) is 43.0 Å². The maximum absolute atomic E-state index is 12.4. The van der Waals surface area contributed by atoms with Crippen molar-refractivity contribution in [2.24, 2.45) is 4.40 Å². The summed E-state index contributed by atoms with van der Waals surface area (Å²) in [7, 11) is -3.74. The Morgan fingerprint density at radius 1 is 1.05 bits per heavy atom. The van der Waals surface area contributed by atoms with Crippen LogP contribution in [0.25, 0.3) is 0 Å². The monoisotopic (exact) mass is 348 g/mol. The topological polar surface area (TPSA) is 49.7 Å². The van der Waals surface area contributed by atoms with Gasteiger partial charge in [0, 0.05) is 5.69 Å². The van der Waals surface area contributed by atoms with Crippen LogP contribution in [0.2, 0.25) is 0 Å². The Balaban J connectivity index is 1.94. The average molecular weight is 348 g/mol. The molecule has 2 aromatic carbocycles. The molecule has 2 aromatic rings. The summed E-state index contributed by atoms with van der Waals surface area (Å²) in [5.41, 5.74) is 1.81. The number of anilines is 1. The molecule has 0 N–H and O–H groups in total. The molecule has 112 valence electrons. The summed E-state index contributed by atoms with van der Waals surface area (Å²) in [6, 6.07) is 16.0. The van der Waals surface area contributed by atoms with Crippen LogP contribution in [-0.2, 0) is 10.0 Å². The number of hydrogen-bond donors (Lipinski definition) is 0. The molecule has 4 nitrogen and oxygen atoms in total. The maximum Gasteiger partial charge on any atom is 0.284 e. The molecule has 0 saturated carbocycles. The molecule has 0 atom stereocenters. The van der Waals surface area contributed by atoms with Gasteiger partial charge in [0.05, 0.1) is 4.90 Å². The minimum atomic E-state index is -3.74. The molecule has 1 aliphatic heterocycles. The van der Waals surface area contributed by atoms with Crippen molar-refractivity contribution in [3.8, 4) is 0 Å². The number of thioether (sulfide) groups is 1. The smallest absolute Gasteiger partial charge is 0.273 e. The van der Waals surface area contributed by atoms with Crippen LogP contribution in [0.5, 0.6) is 0 Å². The Labute approximate surface area is 138 Å². The van der Waals surface area contributed by atoms with Gasteiger partial charge in [-0.1, -0.05) is 48.1 Å². The number of sulfonamides is 1. The molecule has 1 aliphatic rings. The Hall–Kier alpha value is -1.70. The van der Waals surface area contributed by atoms with E-state index in [2.05, 4.69) is 4.40 Å². The van der Waals surface area contributed by atoms with Gasteiger partial charge in [-0.2, -0.15) is 8.42 Å². The van der Waals surface area contributed by atoms with Crippen LogP contribution in [0, 0.1) is 6.92 Å². The predicted octanol–water partition coefficient (Wildman–Crippen LogP) is 3.58. The Bertz CT molecular complexity index is 844. The highest BCUT2D eigenvalue weighted by atomic mass is 32.2. The fraction of sp³-hybridized carbons (Fsp3) is 0.0667. The first-order valence-electron chi connectivity index (χ1n) is 6.46. The summed E-state index contributed by atoms with van der Waals surface area (Å²) < 4.78 is 29.2. The van der Waals surface area contributed by atoms with Crippen molar-refractivity contribution in [3.05, 3.63) is 60.2 Å². The quantitative estimate of drug-likeness (QED) is 0.794. The molecular formula is C15H12N2O2S3. The van der Waals surface area contributed by atoms with Gasteiger partial charge in [0.1, 0.15) is 0 Å². The van der Waals surface area contributed by atoms with E-state index >= 15 is 0 Å². The number of nitrogens with zero attached hydrogens (tertiary/aromatic N) is 2. The number of amidine groups is 1. The fourth-order valence-corrected chi connectivity index (χ4v) is 4.31. The average Bonchev–Trinajstić information content (AvgIpc) is 2.48. The fourth-order valence-electron chi connectivity index (χ4n) is 1.93. The van der Waals surface area contributed by atoms with E-state index in [1.165, 1.54) is 11.8 Å². The number of rotatable bonds is 3. The van der Waals surface area contributed by atoms with Crippen molar-refractivity contribution < 1.29 is 8.42 Å². The summed E-state index contributed by atoms with van der Waals surface area (Å²) in [5, 5.41) is 0.372. The predicted molar refractivity (Wildman–Crippen MR) is 94.9 cm³/mol. The molecule has 0 unspecified atom stereocenters. The molecular weight excluding hydrogens is 336 g/mol. The van der Waals surface area contributed by atoms with Crippen molar-refractivity contribution in [2.45, 2.75) is 11.8 Å². The largest absolute Gasteiger partial charge is 0.284 e. The summed E-state index contributed by atoms with van der Waals surface area (Å²) in [5.74, 6) is 0. The van der Waals surface area contributed by atoms with Gasteiger partial charge in [-0.15, -0.1) is 4.40 Å². The van der Waals surface area contributed by atoms with E-state index < -0.39 is 10.0 Å². The van der Waals surface area contributed by atoms with E-state index in [9.17, 15) is 8.42 Å². The van der Waals surface area contributed by atoms with E-state index in [4.69, 9.17) is 12.2 Å². The third-order valence-corrected chi connectivity index (χ3v) is 5.73. The molecule has 0 aliphatic carbocycles. The zero-order valence-corrected chi connectivity index (χ0v) is 14.1. The van der Waals surface area contributed by atoms with Gasteiger partial charge in [0.15, 0.2) is 9.49 Å². The van der Waals surface area contributed by atoms with Crippen LogP contribution < -0.4 is 4.90 Å². The number of para-hydroxylation sites is 1. The van der Waals surface area contributed by atoms with E-state index in [1.54, 1.807) is 29.2 Å². The molecule has 1 fully saturated rings. The molecule has 0 amide bonds. The number of hydrogen-bond acceptors (Lipinski definition) is 4. The Morgan fingerprint density at radius 3 is 2.27 bits per heavy atom. The summed E-state index contributed by atoms with van der Waals surface area (Å²) in [6.07, 6.45) is 0. The summed E-state index contributed by atoms with van der Waals surface area (Å²) >= 11 is 6.38. The van der Waals surface area contributed by atoms with Gasteiger partial charge in [0.2, 0.25) is 0 Å². The molecule has 0 spiro atoms. The third kappa shape index (κ3) is 2.92. The first kappa shape index (κ1) is 15.2. The van der Waals surface area contributed by atoms with Crippen molar-refractivity contribution in [3.63, 3.8) is 0 Å². The van der Waals surface area contributed by atoms with Crippen molar-refractivity contribution in [2.75, 3.05) is 4.90 Å². The van der Waals surface area contributed by atoms with E-state index in [-0.39, 0.29) is 4.90 Å². The first-order valence-corrected chi connectivity index (χ1v) is 9.12. The van der Waals surface area contributed by atoms with E-state index in [0.29, 0.717) is 9.49 Å². The van der Waals surface area contributed by atoms with Gasteiger partial charge < -0.3 is 0 Å². The van der Waals surface area contributed by atoms with Gasteiger partial charge in [0.25, 0.3) is 10.0 Å². The molecule has 7 heteroatoms. The minimum Gasteiger partial charge on any atom is -0.273 e. The molecule has 22 heavy (non-hydrogen) atoms. The van der Waals surface area contributed by atoms with Crippen molar-refractivity contribution in [1.29, 1.82) is 0 Å². The van der Waals surface area contributed by atoms with Crippen LogP contribution in [0.3, 0.4) is 0 Å². The van der Waals surface area contributed by atoms with Crippen LogP contribution in [0.1, 0.15) is 5.56 Å². The van der Waals surface area contributed by atoms with Crippen LogP contribution in [0.15, 0.2) is 63.9 Å². The zero-order chi connectivity index (χ0) is 15.7. The lowest BCUT2D eigenvalue weighted by Gasteiger charge is -2.33. The standard InChI is InChI=1S/C15H12N2O2S3/c1-11-7-9-13(10-8-11)22(18,19)16-14-17(15(20)21-14)12-5-3-2-4-6-12/h2-10H,1H3/b16-14-. The molecule has 0 bridgehead atoms. The second-order valence-corrected chi connectivity index (χ2v) is 7.91. The lowest BCUT2D eigenvalue weighted by molar-refractivity contribution is 0.598.